The lowest BCUT2D eigenvalue weighted by atomic mass is 10.1. The van der Waals surface area contributed by atoms with E-state index in [1.807, 2.05) is 0 Å². The molecule has 0 saturated heterocycles. The quantitative estimate of drug-likeness (QED) is 0.666. The Morgan fingerprint density at radius 3 is 2.95 bits per heavy atom. The van der Waals surface area contributed by atoms with Crippen LogP contribution in [0.1, 0.15) is 17.0 Å². The Balaban J connectivity index is 2.16. The Morgan fingerprint density at radius 1 is 1.58 bits per heavy atom. The maximum absolute atomic E-state index is 10.7. The molecule has 0 amide bonds. The van der Waals surface area contributed by atoms with Crippen molar-refractivity contribution in [2.75, 3.05) is 5.32 Å². The van der Waals surface area contributed by atoms with Gasteiger partial charge in [0.1, 0.15) is 23.1 Å². The number of hydrogen-bond acceptors (Lipinski definition) is 6. The molecular weight excluding hydrogens is 248 g/mol. The van der Waals surface area contributed by atoms with Crippen LogP contribution in [-0.2, 0) is 6.54 Å². The number of aromatic nitrogens is 1. The fourth-order valence-electron chi connectivity index (χ4n) is 1.58. The summed E-state index contributed by atoms with van der Waals surface area (Å²) >= 11 is 0. The minimum Gasteiger partial charge on any atom is -0.448 e. The van der Waals surface area contributed by atoms with Gasteiger partial charge in [-0.25, -0.2) is 4.98 Å². The number of oxazole rings is 1. The Kier molecular flexibility index (Phi) is 3.43. The number of anilines is 1. The summed E-state index contributed by atoms with van der Waals surface area (Å²) in [7, 11) is 0. The van der Waals surface area contributed by atoms with E-state index in [0.717, 1.165) is 5.69 Å². The van der Waals surface area contributed by atoms with Crippen LogP contribution in [0.15, 0.2) is 29.0 Å². The zero-order chi connectivity index (χ0) is 13.8. The second-order valence-electron chi connectivity index (χ2n) is 3.81. The number of benzene rings is 1. The smallest absolute Gasteiger partial charge is 0.287 e. The van der Waals surface area contributed by atoms with E-state index in [4.69, 9.17) is 9.68 Å². The number of rotatable bonds is 4. The predicted octanol–water partition coefficient (Wildman–Crippen LogP) is 2.38. The fourth-order valence-corrected chi connectivity index (χ4v) is 1.58. The van der Waals surface area contributed by atoms with Gasteiger partial charge in [-0.15, -0.1) is 0 Å². The molecule has 0 spiro atoms. The molecule has 96 valence electrons. The first-order chi connectivity index (χ1) is 9.11. The third kappa shape index (κ3) is 2.69. The maximum atomic E-state index is 10.7. The first-order valence-electron chi connectivity index (χ1n) is 5.43. The van der Waals surface area contributed by atoms with E-state index in [0.29, 0.717) is 18.0 Å². The Hall–Kier alpha value is -2.88. The van der Waals surface area contributed by atoms with Gasteiger partial charge in [-0.05, 0) is 19.1 Å². The van der Waals surface area contributed by atoms with E-state index < -0.39 is 4.92 Å². The van der Waals surface area contributed by atoms with Gasteiger partial charge in [0, 0.05) is 11.8 Å². The molecule has 0 saturated carbocycles. The van der Waals surface area contributed by atoms with E-state index in [9.17, 15) is 10.1 Å². The van der Waals surface area contributed by atoms with Crippen molar-refractivity contribution in [3.05, 3.63) is 51.7 Å². The van der Waals surface area contributed by atoms with Gasteiger partial charge in [0.05, 0.1) is 11.5 Å². The molecule has 1 N–H and O–H groups in total. The van der Waals surface area contributed by atoms with Crippen LogP contribution < -0.4 is 5.32 Å². The van der Waals surface area contributed by atoms with Gasteiger partial charge < -0.3 is 9.73 Å². The Bertz CT molecular complexity index is 657. The monoisotopic (exact) mass is 258 g/mol. The normalized spacial score (nSPS) is 9.89. The molecule has 1 aromatic carbocycles. The summed E-state index contributed by atoms with van der Waals surface area (Å²) < 4.78 is 5.06. The van der Waals surface area contributed by atoms with Crippen molar-refractivity contribution in [3.8, 4) is 6.07 Å². The second-order valence-corrected chi connectivity index (χ2v) is 3.81. The summed E-state index contributed by atoms with van der Waals surface area (Å²) in [5.74, 6) is 0.704. The largest absolute Gasteiger partial charge is 0.448 e. The third-order valence-electron chi connectivity index (χ3n) is 2.62. The van der Waals surface area contributed by atoms with Gasteiger partial charge in [0.25, 0.3) is 5.69 Å². The SMILES string of the molecule is Cc1ocnc1CNc1ccc([N+](=O)[O-])c(C#N)c1. The average Bonchev–Trinajstić information content (AvgIpc) is 2.81. The minimum absolute atomic E-state index is 0.0203. The molecule has 2 aromatic rings. The first-order valence-corrected chi connectivity index (χ1v) is 5.43. The topological polar surface area (TPSA) is 105 Å². The van der Waals surface area contributed by atoms with Crippen molar-refractivity contribution < 1.29 is 9.34 Å². The van der Waals surface area contributed by atoms with Gasteiger partial charge >= 0.3 is 0 Å². The molecular formula is C12H10N4O3. The van der Waals surface area contributed by atoms with Crippen LogP contribution in [-0.4, -0.2) is 9.91 Å². The molecule has 0 atom stereocenters. The van der Waals surface area contributed by atoms with Crippen molar-refractivity contribution in [2.45, 2.75) is 13.5 Å². The fraction of sp³-hybridized carbons (Fsp3) is 0.167. The average molecular weight is 258 g/mol. The predicted molar refractivity (Wildman–Crippen MR) is 66.4 cm³/mol. The molecule has 7 nitrogen and oxygen atoms in total. The van der Waals surface area contributed by atoms with Crippen molar-refractivity contribution in [1.29, 1.82) is 5.26 Å². The summed E-state index contributed by atoms with van der Waals surface area (Å²) in [6.07, 6.45) is 1.35. The molecule has 0 radical (unpaired) electrons. The van der Waals surface area contributed by atoms with Crippen LogP contribution in [0.25, 0.3) is 0 Å². The highest BCUT2D eigenvalue weighted by Crippen LogP contribution is 2.22. The number of nitro groups is 1. The zero-order valence-electron chi connectivity index (χ0n) is 10.1. The van der Waals surface area contributed by atoms with E-state index in [-0.39, 0.29) is 11.3 Å². The lowest BCUT2D eigenvalue weighted by molar-refractivity contribution is -0.385. The summed E-state index contributed by atoms with van der Waals surface area (Å²) in [5, 5.41) is 22.6. The van der Waals surface area contributed by atoms with Crippen LogP contribution in [0, 0.1) is 28.4 Å². The van der Waals surface area contributed by atoms with Crippen LogP contribution in [0.4, 0.5) is 11.4 Å². The van der Waals surface area contributed by atoms with Gasteiger partial charge in [0.15, 0.2) is 6.39 Å². The standard InChI is InChI=1S/C12H10N4O3/c1-8-11(15-7-19-8)6-14-10-2-3-12(16(17)18)9(4-10)5-13/h2-4,7,14H,6H2,1H3. The van der Waals surface area contributed by atoms with Gasteiger partial charge in [-0.1, -0.05) is 0 Å². The summed E-state index contributed by atoms with van der Waals surface area (Å²) in [5.41, 5.74) is 1.18. The maximum Gasteiger partial charge on any atom is 0.287 e. The number of nitrogens with zero attached hydrogens (tertiary/aromatic N) is 3. The molecule has 0 unspecified atom stereocenters. The van der Waals surface area contributed by atoms with Gasteiger partial charge in [-0.3, -0.25) is 10.1 Å². The van der Waals surface area contributed by atoms with Crippen LogP contribution in [0.5, 0.6) is 0 Å². The molecule has 1 heterocycles. The number of nitro benzene ring substituents is 1. The molecule has 7 heteroatoms. The Morgan fingerprint density at radius 2 is 2.37 bits per heavy atom. The molecule has 0 aliphatic heterocycles. The molecule has 2 rings (SSSR count). The molecule has 0 fully saturated rings. The summed E-state index contributed by atoms with van der Waals surface area (Å²) in [4.78, 5) is 14.1. The van der Waals surface area contributed by atoms with Crippen LogP contribution in [0.3, 0.4) is 0 Å². The Labute approximate surface area is 108 Å². The number of nitrogens with one attached hydrogen (secondary N) is 1. The van der Waals surface area contributed by atoms with Crippen LogP contribution in [0.2, 0.25) is 0 Å². The highest BCUT2D eigenvalue weighted by Gasteiger charge is 2.13. The van der Waals surface area contributed by atoms with E-state index in [1.165, 1.54) is 18.5 Å². The number of hydrogen-bond donors (Lipinski definition) is 1. The lowest BCUT2D eigenvalue weighted by Crippen LogP contribution is -2.02. The van der Waals surface area contributed by atoms with Crippen molar-refractivity contribution in [2.24, 2.45) is 0 Å². The highest BCUT2D eigenvalue weighted by molar-refractivity contribution is 5.58. The molecule has 0 aliphatic rings. The molecule has 19 heavy (non-hydrogen) atoms. The molecule has 0 bridgehead atoms. The second kappa shape index (κ2) is 5.18. The zero-order valence-corrected chi connectivity index (χ0v) is 10.1. The van der Waals surface area contributed by atoms with Crippen molar-refractivity contribution >= 4 is 11.4 Å². The number of aryl methyl sites for hydroxylation is 1. The molecule has 1 aromatic heterocycles. The highest BCUT2D eigenvalue weighted by atomic mass is 16.6. The van der Waals surface area contributed by atoms with Gasteiger partial charge in [-0.2, -0.15) is 5.26 Å². The first kappa shape index (κ1) is 12.6. The lowest BCUT2D eigenvalue weighted by Gasteiger charge is -2.05. The van der Waals surface area contributed by atoms with Crippen LogP contribution >= 0.6 is 0 Å². The molecule has 0 aliphatic carbocycles. The van der Waals surface area contributed by atoms with Crippen molar-refractivity contribution in [1.82, 2.24) is 4.98 Å². The van der Waals surface area contributed by atoms with Gasteiger partial charge in [0.2, 0.25) is 0 Å². The third-order valence-corrected chi connectivity index (χ3v) is 2.62. The van der Waals surface area contributed by atoms with Crippen molar-refractivity contribution in [3.63, 3.8) is 0 Å². The summed E-state index contributed by atoms with van der Waals surface area (Å²) in [6.45, 7) is 2.21. The minimum atomic E-state index is -0.579. The van der Waals surface area contributed by atoms with E-state index in [1.54, 1.807) is 19.1 Å². The summed E-state index contributed by atoms with van der Waals surface area (Å²) in [6, 6.07) is 6.10. The number of nitriles is 1. The van der Waals surface area contributed by atoms with E-state index >= 15 is 0 Å². The van der Waals surface area contributed by atoms with E-state index in [2.05, 4.69) is 10.3 Å².